The first-order valence-corrected chi connectivity index (χ1v) is 10.5. The van der Waals surface area contributed by atoms with Crippen molar-refractivity contribution in [1.29, 1.82) is 0 Å². The van der Waals surface area contributed by atoms with Crippen LogP contribution in [-0.4, -0.2) is 43.0 Å². The Morgan fingerprint density at radius 2 is 1.52 bits per heavy atom. The first-order chi connectivity index (χ1) is 15.7. The summed E-state index contributed by atoms with van der Waals surface area (Å²) < 4.78 is 16.5. The van der Waals surface area contributed by atoms with Crippen LogP contribution in [0.4, 0.5) is 4.79 Å². The normalized spacial score (nSPS) is 11.4. The Morgan fingerprint density at radius 1 is 0.909 bits per heavy atom. The monoisotopic (exact) mass is 456 g/mol. The largest absolute Gasteiger partial charge is 0.490 e. The average molecular weight is 456 g/mol. The van der Waals surface area contributed by atoms with Crippen molar-refractivity contribution in [3.8, 4) is 11.5 Å². The molecule has 0 bridgehead atoms. The van der Waals surface area contributed by atoms with E-state index in [-0.39, 0.29) is 16.7 Å². The third-order valence-corrected chi connectivity index (χ3v) is 4.54. The quantitative estimate of drug-likeness (QED) is 0.414. The number of ketones is 1. The number of hydrogen-bond acceptors (Lipinski definition) is 7. The zero-order valence-corrected chi connectivity index (χ0v) is 19.0. The highest BCUT2D eigenvalue weighted by Crippen LogP contribution is 2.30. The number of urea groups is 1. The number of amides is 3. The van der Waals surface area contributed by atoms with E-state index in [0.29, 0.717) is 24.7 Å². The standard InChI is InChI=1S/C24H28N2O7/c1-5-31-18-12-11-15(13-19(18)32-6-2)20(27)16-9-7-8-10-17(16)23(29)33-21(14(3)4)22(28)26-24(25)30/h7-14,21H,5-6H2,1-4H3,(H3,25,26,28,30). The van der Waals surface area contributed by atoms with Crippen LogP contribution in [0.2, 0.25) is 0 Å². The summed E-state index contributed by atoms with van der Waals surface area (Å²) in [5.41, 5.74) is 5.34. The molecule has 3 N–H and O–H groups in total. The average Bonchev–Trinajstić information content (AvgIpc) is 2.77. The van der Waals surface area contributed by atoms with Gasteiger partial charge < -0.3 is 19.9 Å². The van der Waals surface area contributed by atoms with E-state index in [0.717, 1.165) is 0 Å². The van der Waals surface area contributed by atoms with Crippen LogP contribution in [0.1, 0.15) is 54.0 Å². The van der Waals surface area contributed by atoms with Crippen molar-refractivity contribution < 1.29 is 33.4 Å². The second kappa shape index (κ2) is 11.7. The molecule has 0 aliphatic carbocycles. The molecule has 0 spiro atoms. The van der Waals surface area contributed by atoms with Gasteiger partial charge in [-0.3, -0.25) is 14.9 Å². The SMILES string of the molecule is CCOc1ccc(C(=O)c2ccccc2C(=O)OC(C(=O)NC(N)=O)C(C)C)cc1OCC. The van der Waals surface area contributed by atoms with Crippen molar-refractivity contribution in [2.45, 2.75) is 33.8 Å². The molecule has 0 saturated heterocycles. The summed E-state index contributed by atoms with van der Waals surface area (Å²) in [7, 11) is 0. The van der Waals surface area contributed by atoms with Crippen molar-refractivity contribution in [3.05, 3.63) is 59.2 Å². The number of rotatable bonds is 10. The first kappa shape index (κ1) is 25.4. The molecule has 1 unspecified atom stereocenters. The van der Waals surface area contributed by atoms with E-state index < -0.39 is 35.7 Å². The molecule has 3 amide bonds. The van der Waals surface area contributed by atoms with E-state index in [9.17, 15) is 19.2 Å². The Labute approximate surface area is 192 Å². The summed E-state index contributed by atoms with van der Waals surface area (Å²) in [6.07, 6.45) is -1.27. The Balaban J connectivity index is 2.37. The number of esters is 1. The molecule has 0 fully saturated rings. The number of carbonyl (C=O) groups excluding carboxylic acids is 4. The molecule has 0 heterocycles. The first-order valence-electron chi connectivity index (χ1n) is 10.5. The molecule has 2 rings (SSSR count). The summed E-state index contributed by atoms with van der Waals surface area (Å²) in [6.45, 7) is 7.75. The van der Waals surface area contributed by atoms with Gasteiger partial charge in [0.1, 0.15) is 0 Å². The molecule has 0 aliphatic heterocycles. The molecule has 2 aromatic carbocycles. The maximum absolute atomic E-state index is 13.3. The molecule has 0 aliphatic rings. The van der Waals surface area contributed by atoms with E-state index in [1.807, 2.05) is 19.2 Å². The van der Waals surface area contributed by atoms with Gasteiger partial charge in [-0.25, -0.2) is 9.59 Å². The van der Waals surface area contributed by atoms with Crippen molar-refractivity contribution >= 4 is 23.7 Å². The summed E-state index contributed by atoms with van der Waals surface area (Å²) in [4.78, 5) is 49.4. The molecular weight excluding hydrogens is 428 g/mol. The molecule has 2 aromatic rings. The van der Waals surface area contributed by atoms with E-state index >= 15 is 0 Å². The maximum Gasteiger partial charge on any atom is 0.339 e. The third-order valence-electron chi connectivity index (χ3n) is 4.54. The predicted molar refractivity (Wildman–Crippen MR) is 120 cm³/mol. The number of benzene rings is 2. The number of carbonyl (C=O) groups is 4. The van der Waals surface area contributed by atoms with Crippen LogP contribution in [0.3, 0.4) is 0 Å². The summed E-state index contributed by atoms with van der Waals surface area (Å²) in [5, 5.41) is 1.91. The zero-order valence-electron chi connectivity index (χ0n) is 19.0. The second-order valence-electron chi connectivity index (χ2n) is 7.33. The molecule has 0 radical (unpaired) electrons. The fourth-order valence-electron chi connectivity index (χ4n) is 3.07. The molecule has 9 heteroatoms. The Bertz CT molecular complexity index is 1030. The lowest BCUT2D eigenvalue weighted by Gasteiger charge is -2.20. The highest BCUT2D eigenvalue weighted by molar-refractivity contribution is 6.15. The molecule has 0 aromatic heterocycles. The van der Waals surface area contributed by atoms with Gasteiger partial charge in [0.25, 0.3) is 5.91 Å². The van der Waals surface area contributed by atoms with Crippen LogP contribution >= 0.6 is 0 Å². The fourth-order valence-corrected chi connectivity index (χ4v) is 3.07. The summed E-state index contributed by atoms with van der Waals surface area (Å²) >= 11 is 0. The Hall–Kier alpha value is -3.88. The lowest BCUT2D eigenvalue weighted by atomic mass is 9.98. The minimum atomic E-state index is -1.27. The number of nitrogens with one attached hydrogen (secondary N) is 1. The fraction of sp³-hybridized carbons (Fsp3) is 0.333. The molecule has 9 nitrogen and oxygen atoms in total. The highest BCUT2D eigenvalue weighted by atomic mass is 16.5. The van der Waals surface area contributed by atoms with Crippen LogP contribution in [0.15, 0.2) is 42.5 Å². The van der Waals surface area contributed by atoms with Crippen LogP contribution < -0.4 is 20.5 Å². The molecule has 33 heavy (non-hydrogen) atoms. The smallest absolute Gasteiger partial charge is 0.339 e. The Kier molecular flexibility index (Phi) is 8.97. The van der Waals surface area contributed by atoms with E-state index in [1.54, 1.807) is 44.2 Å². The van der Waals surface area contributed by atoms with Crippen LogP contribution in [0, 0.1) is 5.92 Å². The third kappa shape index (κ3) is 6.55. The summed E-state index contributed by atoms with van der Waals surface area (Å²) in [6, 6.07) is 9.81. The zero-order chi connectivity index (χ0) is 24.5. The van der Waals surface area contributed by atoms with Gasteiger partial charge in [-0.1, -0.05) is 32.0 Å². The molecular formula is C24H28N2O7. The van der Waals surface area contributed by atoms with Gasteiger partial charge in [0, 0.05) is 11.1 Å². The van der Waals surface area contributed by atoms with Crippen molar-refractivity contribution in [2.24, 2.45) is 11.7 Å². The van der Waals surface area contributed by atoms with Crippen molar-refractivity contribution in [1.82, 2.24) is 5.32 Å². The number of nitrogens with two attached hydrogens (primary N) is 1. The maximum atomic E-state index is 13.3. The number of hydrogen-bond donors (Lipinski definition) is 2. The van der Waals surface area contributed by atoms with Gasteiger partial charge in [-0.15, -0.1) is 0 Å². The Morgan fingerprint density at radius 3 is 2.09 bits per heavy atom. The van der Waals surface area contributed by atoms with Gasteiger partial charge >= 0.3 is 12.0 Å². The van der Waals surface area contributed by atoms with Crippen LogP contribution in [0.25, 0.3) is 0 Å². The molecule has 0 saturated carbocycles. The van der Waals surface area contributed by atoms with Gasteiger partial charge in [0.2, 0.25) is 0 Å². The van der Waals surface area contributed by atoms with Crippen LogP contribution in [-0.2, 0) is 9.53 Å². The number of ether oxygens (including phenoxy) is 3. The second-order valence-corrected chi connectivity index (χ2v) is 7.33. The predicted octanol–water partition coefficient (Wildman–Crippen LogP) is 3.09. The minimum Gasteiger partial charge on any atom is -0.490 e. The lowest BCUT2D eigenvalue weighted by molar-refractivity contribution is -0.130. The van der Waals surface area contributed by atoms with Gasteiger partial charge in [-0.2, -0.15) is 0 Å². The van der Waals surface area contributed by atoms with Gasteiger partial charge in [0.15, 0.2) is 23.4 Å². The highest BCUT2D eigenvalue weighted by Gasteiger charge is 2.29. The number of primary amides is 1. The minimum absolute atomic E-state index is 0.0214. The van der Waals surface area contributed by atoms with Crippen molar-refractivity contribution in [3.63, 3.8) is 0 Å². The molecule has 176 valence electrons. The molecule has 1 atom stereocenters. The van der Waals surface area contributed by atoms with E-state index in [4.69, 9.17) is 19.9 Å². The van der Waals surface area contributed by atoms with E-state index in [2.05, 4.69) is 0 Å². The van der Waals surface area contributed by atoms with E-state index in [1.165, 1.54) is 12.1 Å². The summed E-state index contributed by atoms with van der Waals surface area (Å²) in [5.74, 6) is -1.70. The lowest BCUT2D eigenvalue weighted by Crippen LogP contribution is -2.45. The van der Waals surface area contributed by atoms with Gasteiger partial charge in [-0.05, 0) is 44.0 Å². The topological polar surface area (TPSA) is 134 Å². The van der Waals surface area contributed by atoms with Gasteiger partial charge in [0.05, 0.1) is 18.8 Å². The van der Waals surface area contributed by atoms with Crippen molar-refractivity contribution in [2.75, 3.05) is 13.2 Å². The number of imide groups is 1. The van der Waals surface area contributed by atoms with Crippen LogP contribution in [0.5, 0.6) is 11.5 Å².